The first-order valence-electron chi connectivity index (χ1n) is 36.9. The van der Waals surface area contributed by atoms with Gasteiger partial charge in [-0.1, -0.05) is 268 Å². The Morgan fingerprint density at radius 2 is 0.750 bits per heavy atom. The predicted octanol–water partition coefficient (Wildman–Crippen LogP) is 10.6. The molecule has 0 aromatic rings. The van der Waals surface area contributed by atoms with Crippen molar-refractivity contribution in [3.05, 3.63) is 48.6 Å². The first-order chi connectivity index (χ1) is 44.8. The average molecular weight is 1310 g/mol. The van der Waals surface area contributed by atoms with Crippen LogP contribution in [0.5, 0.6) is 0 Å². The van der Waals surface area contributed by atoms with Crippen LogP contribution < -0.4 is 5.32 Å². The van der Waals surface area contributed by atoms with Gasteiger partial charge in [0.05, 0.1) is 38.6 Å². The van der Waals surface area contributed by atoms with Crippen molar-refractivity contribution in [1.82, 2.24) is 5.32 Å². The Morgan fingerprint density at radius 3 is 1.17 bits per heavy atom. The quantitative estimate of drug-likeness (QED) is 0.0199. The van der Waals surface area contributed by atoms with Crippen molar-refractivity contribution >= 4 is 5.91 Å². The molecule has 19 nitrogen and oxygen atoms in total. The van der Waals surface area contributed by atoms with Gasteiger partial charge in [0, 0.05) is 6.42 Å². The molecule has 12 N–H and O–H groups in total. The minimum Gasteiger partial charge on any atom is -0.394 e. The molecule has 0 aromatic carbocycles. The van der Waals surface area contributed by atoms with Crippen LogP contribution in [0.15, 0.2) is 48.6 Å². The monoisotopic (exact) mass is 1310 g/mol. The molecule has 92 heavy (non-hydrogen) atoms. The summed E-state index contributed by atoms with van der Waals surface area (Å²) < 4.78 is 34.5. The molecule has 3 fully saturated rings. The van der Waals surface area contributed by atoms with E-state index in [9.17, 15) is 61.0 Å². The van der Waals surface area contributed by atoms with Gasteiger partial charge in [0.1, 0.15) is 73.2 Å². The van der Waals surface area contributed by atoms with Crippen molar-refractivity contribution in [3.63, 3.8) is 0 Å². The van der Waals surface area contributed by atoms with Crippen LogP contribution in [-0.4, -0.2) is 193 Å². The molecule has 1 amide bonds. The summed E-state index contributed by atoms with van der Waals surface area (Å²) in [7, 11) is 0. The molecule has 0 spiro atoms. The van der Waals surface area contributed by atoms with Gasteiger partial charge in [-0.15, -0.1) is 0 Å². The maximum atomic E-state index is 13.5. The zero-order valence-corrected chi connectivity index (χ0v) is 57.0. The molecule has 3 aliphatic rings. The van der Waals surface area contributed by atoms with Crippen molar-refractivity contribution < 1.29 is 89.4 Å². The molecule has 3 rings (SSSR count). The second kappa shape index (κ2) is 54.7. The molecule has 3 aliphatic heterocycles. The molecule has 0 radical (unpaired) electrons. The molecule has 0 saturated carbocycles. The van der Waals surface area contributed by atoms with E-state index in [1.807, 2.05) is 0 Å². The molecule has 0 aliphatic carbocycles. The van der Waals surface area contributed by atoms with Gasteiger partial charge in [0.25, 0.3) is 0 Å². The molecular formula is C73H133NO18. The molecule has 17 atom stereocenters. The van der Waals surface area contributed by atoms with Gasteiger partial charge in [-0.05, 0) is 51.4 Å². The largest absolute Gasteiger partial charge is 0.394 e. The third-order valence-electron chi connectivity index (χ3n) is 18.4. The van der Waals surface area contributed by atoms with Gasteiger partial charge < -0.3 is 89.9 Å². The highest BCUT2D eigenvalue weighted by Gasteiger charge is 2.53. The lowest BCUT2D eigenvalue weighted by Gasteiger charge is -2.48. The Morgan fingerprint density at radius 1 is 0.402 bits per heavy atom. The molecular weight excluding hydrogens is 1180 g/mol. The third kappa shape index (κ3) is 35.8. The Bertz CT molecular complexity index is 1860. The van der Waals surface area contributed by atoms with Gasteiger partial charge >= 0.3 is 0 Å². The van der Waals surface area contributed by atoms with Crippen LogP contribution in [0.2, 0.25) is 0 Å². The minimum absolute atomic E-state index is 0.246. The summed E-state index contributed by atoms with van der Waals surface area (Å²) in [4.78, 5) is 13.5. The molecule has 3 heterocycles. The summed E-state index contributed by atoms with van der Waals surface area (Å²) >= 11 is 0. The fourth-order valence-electron chi connectivity index (χ4n) is 12.5. The number of amides is 1. The van der Waals surface area contributed by atoms with Crippen molar-refractivity contribution in [2.75, 3.05) is 26.4 Å². The number of carbonyl (C=O) groups is 1. The molecule has 538 valence electrons. The first-order valence-corrected chi connectivity index (χ1v) is 36.9. The molecule has 19 heteroatoms. The summed E-state index contributed by atoms with van der Waals surface area (Å²) in [6.07, 6.45) is 38.9. The number of carbonyl (C=O) groups excluding carboxylic acids is 1. The number of aliphatic hydroxyl groups excluding tert-OH is 11. The summed E-state index contributed by atoms with van der Waals surface area (Å²) in [5, 5.41) is 121. The zero-order chi connectivity index (χ0) is 66.8. The smallest absolute Gasteiger partial charge is 0.220 e. The van der Waals surface area contributed by atoms with Gasteiger partial charge in [-0.2, -0.15) is 0 Å². The number of rotatable bonds is 57. The second-order valence-electron chi connectivity index (χ2n) is 26.4. The highest BCUT2D eigenvalue weighted by atomic mass is 16.8. The van der Waals surface area contributed by atoms with Crippen LogP contribution in [0, 0.1) is 0 Å². The van der Waals surface area contributed by atoms with E-state index < -0.39 is 124 Å². The molecule has 0 aromatic heterocycles. The predicted molar refractivity (Wildman–Crippen MR) is 360 cm³/mol. The Hall–Kier alpha value is -2.25. The van der Waals surface area contributed by atoms with Crippen molar-refractivity contribution in [3.8, 4) is 0 Å². The Labute approximate surface area is 554 Å². The highest BCUT2D eigenvalue weighted by molar-refractivity contribution is 5.76. The summed E-state index contributed by atoms with van der Waals surface area (Å²) in [6.45, 7) is 1.71. The van der Waals surface area contributed by atoms with Crippen molar-refractivity contribution in [2.45, 2.75) is 381 Å². The van der Waals surface area contributed by atoms with Crippen molar-refractivity contribution in [2.24, 2.45) is 0 Å². The number of nitrogens with one attached hydrogen (secondary N) is 1. The maximum Gasteiger partial charge on any atom is 0.220 e. The van der Waals surface area contributed by atoms with E-state index in [1.54, 1.807) is 0 Å². The molecule has 0 bridgehead atoms. The van der Waals surface area contributed by atoms with Crippen LogP contribution in [-0.2, 0) is 33.2 Å². The second-order valence-corrected chi connectivity index (χ2v) is 26.4. The van der Waals surface area contributed by atoms with E-state index in [4.69, 9.17) is 28.4 Å². The number of allylic oxidation sites excluding steroid dienone is 8. The van der Waals surface area contributed by atoms with Gasteiger partial charge in [0.2, 0.25) is 5.91 Å². The third-order valence-corrected chi connectivity index (χ3v) is 18.4. The van der Waals surface area contributed by atoms with Gasteiger partial charge in [-0.3, -0.25) is 4.79 Å². The lowest BCUT2D eigenvalue weighted by Crippen LogP contribution is -2.66. The van der Waals surface area contributed by atoms with Crippen LogP contribution >= 0.6 is 0 Å². The van der Waals surface area contributed by atoms with E-state index in [2.05, 4.69) is 67.8 Å². The Kier molecular flexibility index (Phi) is 50.0. The van der Waals surface area contributed by atoms with E-state index in [1.165, 1.54) is 167 Å². The summed E-state index contributed by atoms with van der Waals surface area (Å²) in [5.41, 5.74) is 0. The van der Waals surface area contributed by atoms with E-state index in [-0.39, 0.29) is 18.9 Å². The number of ether oxygens (including phenoxy) is 6. The first kappa shape index (κ1) is 84.0. The molecule has 17 unspecified atom stereocenters. The maximum absolute atomic E-state index is 13.5. The standard InChI is InChI=1S/C73H133NO18/c1-3-5-7-9-11-13-15-17-19-21-23-25-27-29-30-32-34-36-38-40-42-44-46-48-50-57(78)56(74-61(79)51-49-47-45-43-41-39-37-35-33-31-28-26-24-22-20-18-16-14-12-10-8-6-4-2)55-87-71-67(85)64(82)69(59(53-76)89-71)92-73-68(86)65(83)70(60(54-77)90-73)91-72-66(84)63(81)62(80)58(52-75)88-72/h6,8,12,14,18,20,24,26,56-60,62-73,75-78,80-86H,3-5,7,9-11,13,15-17,19,21-23,25,27-55H2,1-2H3,(H,74,79)/b8-6-,14-12-,20-18-,26-24-. The fraction of sp³-hybridized carbons (Fsp3) is 0.877. The van der Waals surface area contributed by atoms with Gasteiger partial charge in [0.15, 0.2) is 18.9 Å². The SMILES string of the molecule is CC/C=C\C/C=C\C/C=C\C/C=C\CCCCCCCCCCCCC(=O)NC(COC1OC(CO)C(OC2OC(CO)C(OC3OC(CO)C(O)C(O)C3O)C(O)C2O)C(O)C1O)C(O)CCCCCCCCCCCCCCCCCCCCCCCCCC. The van der Waals surface area contributed by atoms with E-state index in [0.717, 1.165) is 77.0 Å². The van der Waals surface area contributed by atoms with Crippen LogP contribution in [0.3, 0.4) is 0 Å². The lowest BCUT2D eigenvalue weighted by molar-refractivity contribution is -0.379. The topological polar surface area (TPSA) is 307 Å². The van der Waals surface area contributed by atoms with E-state index >= 15 is 0 Å². The summed E-state index contributed by atoms with van der Waals surface area (Å²) in [5.74, 6) is -0.246. The van der Waals surface area contributed by atoms with Crippen LogP contribution in [0.25, 0.3) is 0 Å². The highest BCUT2D eigenvalue weighted by Crippen LogP contribution is 2.33. The lowest BCUT2D eigenvalue weighted by atomic mass is 9.96. The zero-order valence-electron chi connectivity index (χ0n) is 57.0. The van der Waals surface area contributed by atoms with Gasteiger partial charge in [-0.25, -0.2) is 0 Å². The molecule has 3 saturated heterocycles. The number of unbranched alkanes of at least 4 members (excludes halogenated alkanes) is 33. The summed E-state index contributed by atoms with van der Waals surface area (Å²) in [6, 6.07) is -0.892. The average Bonchev–Trinajstić information content (AvgIpc) is 0.838. The van der Waals surface area contributed by atoms with E-state index in [0.29, 0.717) is 12.8 Å². The van der Waals surface area contributed by atoms with Crippen molar-refractivity contribution in [1.29, 1.82) is 0 Å². The normalized spacial score (nSPS) is 27.9. The fourth-order valence-corrected chi connectivity index (χ4v) is 12.5. The number of aliphatic hydroxyl groups is 11. The number of hydrogen-bond donors (Lipinski definition) is 12. The minimum atomic E-state index is -1.97. The number of hydrogen-bond acceptors (Lipinski definition) is 18. The van der Waals surface area contributed by atoms with Crippen LogP contribution in [0.4, 0.5) is 0 Å². The Balaban J connectivity index is 1.41. The van der Waals surface area contributed by atoms with Crippen LogP contribution in [0.1, 0.15) is 277 Å².